The number of amidine groups is 1. The van der Waals surface area contributed by atoms with Crippen LogP contribution >= 0.6 is 11.8 Å². The summed E-state index contributed by atoms with van der Waals surface area (Å²) in [6.07, 6.45) is 1.59. The lowest BCUT2D eigenvalue weighted by Gasteiger charge is -2.15. The topological polar surface area (TPSA) is 57.3 Å². The molecule has 3 rings (SSSR count). The minimum Gasteiger partial charge on any atom is -0.464 e. The van der Waals surface area contributed by atoms with Crippen molar-refractivity contribution >= 4 is 39.5 Å². The fourth-order valence-electron chi connectivity index (χ4n) is 1.79. The summed E-state index contributed by atoms with van der Waals surface area (Å²) >= 11 is 1.25. The van der Waals surface area contributed by atoms with Crippen molar-refractivity contribution in [3.8, 4) is 0 Å². The molecule has 0 radical (unpaired) electrons. The summed E-state index contributed by atoms with van der Waals surface area (Å²) in [4.78, 5) is 13.1. The molecule has 1 aromatic heterocycles. The van der Waals surface area contributed by atoms with Gasteiger partial charge in [-0.05, 0) is 18.2 Å². The van der Waals surface area contributed by atoms with Crippen molar-refractivity contribution in [2.45, 2.75) is 0 Å². The van der Waals surface area contributed by atoms with Gasteiger partial charge in [-0.15, -0.1) is 0 Å². The fraction of sp³-hybridized carbons (Fsp3) is 0.0909. The Kier molecular flexibility index (Phi) is 2.00. The lowest BCUT2D eigenvalue weighted by Crippen LogP contribution is -2.28. The molecule has 2 heterocycles. The number of rotatable bonds is 1. The van der Waals surface area contributed by atoms with Crippen LogP contribution in [-0.2, 0) is 4.79 Å². The third-order valence-corrected chi connectivity index (χ3v) is 3.35. The summed E-state index contributed by atoms with van der Waals surface area (Å²) in [6, 6.07) is 7.31. The number of thioether (sulfide) groups is 1. The van der Waals surface area contributed by atoms with Gasteiger partial charge >= 0.3 is 0 Å². The van der Waals surface area contributed by atoms with Gasteiger partial charge in [-0.25, -0.2) is 0 Å². The molecule has 1 aliphatic heterocycles. The molecule has 2 aromatic rings. The van der Waals surface area contributed by atoms with Crippen molar-refractivity contribution in [2.24, 2.45) is 0 Å². The van der Waals surface area contributed by atoms with Crippen LogP contribution in [0.1, 0.15) is 0 Å². The van der Waals surface area contributed by atoms with Crippen LogP contribution in [0.4, 0.5) is 5.69 Å². The first kappa shape index (κ1) is 9.47. The number of amides is 1. The highest BCUT2D eigenvalue weighted by molar-refractivity contribution is 8.15. The van der Waals surface area contributed by atoms with Gasteiger partial charge in [0.15, 0.2) is 5.17 Å². The maximum Gasteiger partial charge on any atom is 0.243 e. The fourth-order valence-corrected chi connectivity index (χ4v) is 2.51. The Hall–Kier alpha value is -1.75. The maximum absolute atomic E-state index is 11.7. The molecule has 80 valence electrons. The van der Waals surface area contributed by atoms with Gasteiger partial charge in [-0.1, -0.05) is 17.8 Å². The summed E-state index contributed by atoms with van der Waals surface area (Å²) < 4.78 is 5.27. The average Bonchev–Trinajstić information content (AvgIpc) is 2.86. The molecule has 16 heavy (non-hydrogen) atoms. The first-order chi connectivity index (χ1) is 7.77. The van der Waals surface area contributed by atoms with E-state index in [9.17, 15) is 4.79 Å². The number of nitrogens with zero attached hydrogens (tertiary/aromatic N) is 1. The molecule has 1 N–H and O–H groups in total. The molecule has 1 fully saturated rings. The molecule has 0 spiro atoms. The van der Waals surface area contributed by atoms with E-state index in [0.29, 0.717) is 5.75 Å². The number of furan rings is 1. The molecule has 0 aliphatic carbocycles. The predicted octanol–water partition coefficient (Wildman–Crippen LogP) is 2.45. The van der Waals surface area contributed by atoms with E-state index in [1.807, 2.05) is 24.3 Å². The van der Waals surface area contributed by atoms with Crippen LogP contribution in [0.3, 0.4) is 0 Å². The second-order valence-electron chi connectivity index (χ2n) is 3.43. The quantitative estimate of drug-likeness (QED) is 0.821. The van der Waals surface area contributed by atoms with Crippen molar-refractivity contribution in [1.82, 2.24) is 0 Å². The maximum atomic E-state index is 11.7. The highest BCUT2D eigenvalue weighted by Gasteiger charge is 2.29. The van der Waals surface area contributed by atoms with Crippen molar-refractivity contribution in [3.63, 3.8) is 0 Å². The van der Waals surface area contributed by atoms with Crippen molar-refractivity contribution in [2.75, 3.05) is 10.7 Å². The standard InChI is InChI=1S/C11H8N2O2S/c12-11-13(10(14)6-16-11)8-2-1-3-9-7(8)4-5-15-9/h1-5,12H,6H2. The van der Waals surface area contributed by atoms with E-state index in [2.05, 4.69) is 0 Å². The van der Waals surface area contributed by atoms with Gasteiger partial charge in [0.05, 0.1) is 17.7 Å². The van der Waals surface area contributed by atoms with Crippen LogP contribution in [0, 0.1) is 5.41 Å². The Labute approximate surface area is 95.7 Å². The van der Waals surface area contributed by atoms with E-state index in [1.165, 1.54) is 16.7 Å². The zero-order valence-corrected chi connectivity index (χ0v) is 9.08. The normalized spacial score (nSPS) is 16.4. The van der Waals surface area contributed by atoms with Gasteiger partial charge in [0.1, 0.15) is 5.58 Å². The second-order valence-corrected chi connectivity index (χ2v) is 4.40. The Morgan fingerprint density at radius 3 is 3.00 bits per heavy atom. The van der Waals surface area contributed by atoms with Crippen LogP contribution in [0.5, 0.6) is 0 Å². The van der Waals surface area contributed by atoms with Gasteiger partial charge < -0.3 is 4.42 Å². The second kappa shape index (κ2) is 3.38. The highest BCUT2D eigenvalue weighted by atomic mass is 32.2. The molecule has 0 atom stereocenters. The summed E-state index contributed by atoms with van der Waals surface area (Å²) in [7, 11) is 0. The minimum absolute atomic E-state index is 0.0521. The third-order valence-electron chi connectivity index (χ3n) is 2.50. The molecule has 1 aromatic carbocycles. The summed E-state index contributed by atoms with van der Waals surface area (Å²) in [5.74, 6) is 0.288. The van der Waals surface area contributed by atoms with E-state index < -0.39 is 0 Å². The number of carbonyl (C=O) groups excluding carboxylic acids is 1. The van der Waals surface area contributed by atoms with Gasteiger partial charge in [0.25, 0.3) is 0 Å². The molecular formula is C11H8N2O2S. The summed E-state index contributed by atoms with van der Waals surface area (Å²) in [5.41, 5.74) is 1.46. The number of nitrogens with one attached hydrogen (secondary N) is 1. The van der Waals surface area contributed by atoms with E-state index in [0.717, 1.165) is 16.7 Å². The van der Waals surface area contributed by atoms with Crippen molar-refractivity contribution in [3.05, 3.63) is 30.5 Å². The van der Waals surface area contributed by atoms with Crippen LogP contribution in [0.25, 0.3) is 11.0 Å². The van der Waals surface area contributed by atoms with Crippen molar-refractivity contribution < 1.29 is 9.21 Å². The van der Waals surface area contributed by atoms with Gasteiger partial charge in [-0.3, -0.25) is 15.1 Å². The number of fused-ring (bicyclic) bond motifs is 1. The molecule has 5 heteroatoms. The monoisotopic (exact) mass is 232 g/mol. The lowest BCUT2D eigenvalue weighted by atomic mass is 10.2. The molecule has 0 saturated carbocycles. The minimum atomic E-state index is -0.0521. The molecule has 0 bridgehead atoms. The Bertz CT molecular complexity index is 574. The zero-order chi connectivity index (χ0) is 11.1. The smallest absolute Gasteiger partial charge is 0.243 e. The molecule has 1 amide bonds. The summed E-state index contributed by atoms with van der Waals surface area (Å²) in [6.45, 7) is 0. The third kappa shape index (κ3) is 1.25. The van der Waals surface area contributed by atoms with Crippen molar-refractivity contribution in [1.29, 1.82) is 5.41 Å². The number of hydrogen-bond donors (Lipinski definition) is 1. The van der Waals surface area contributed by atoms with Crippen LogP contribution in [-0.4, -0.2) is 16.8 Å². The number of benzene rings is 1. The molecular weight excluding hydrogens is 224 g/mol. The van der Waals surface area contributed by atoms with E-state index in [1.54, 1.807) is 6.26 Å². The van der Waals surface area contributed by atoms with Crippen LogP contribution < -0.4 is 4.90 Å². The highest BCUT2D eigenvalue weighted by Crippen LogP contribution is 2.32. The zero-order valence-electron chi connectivity index (χ0n) is 8.27. The number of anilines is 1. The summed E-state index contributed by atoms with van der Waals surface area (Å²) in [5, 5.41) is 8.88. The predicted molar refractivity (Wildman–Crippen MR) is 63.9 cm³/mol. The molecule has 4 nitrogen and oxygen atoms in total. The van der Waals surface area contributed by atoms with E-state index >= 15 is 0 Å². The average molecular weight is 232 g/mol. The van der Waals surface area contributed by atoms with Gasteiger partial charge in [-0.2, -0.15) is 0 Å². The Balaban J connectivity index is 2.22. The molecule has 1 saturated heterocycles. The van der Waals surface area contributed by atoms with Gasteiger partial charge in [0.2, 0.25) is 5.91 Å². The number of carbonyl (C=O) groups is 1. The first-order valence-electron chi connectivity index (χ1n) is 4.78. The van der Waals surface area contributed by atoms with E-state index in [-0.39, 0.29) is 11.1 Å². The van der Waals surface area contributed by atoms with Crippen LogP contribution in [0.2, 0.25) is 0 Å². The lowest BCUT2D eigenvalue weighted by molar-refractivity contribution is -0.115. The molecule has 1 aliphatic rings. The Morgan fingerprint density at radius 2 is 2.25 bits per heavy atom. The van der Waals surface area contributed by atoms with Crippen LogP contribution in [0.15, 0.2) is 34.9 Å². The number of hydrogen-bond acceptors (Lipinski definition) is 4. The molecule has 0 unspecified atom stereocenters. The Morgan fingerprint density at radius 1 is 1.38 bits per heavy atom. The first-order valence-corrected chi connectivity index (χ1v) is 5.76. The van der Waals surface area contributed by atoms with E-state index in [4.69, 9.17) is 9.83 Å². The van der Waals surface area contributed by atoms with Gasteiger partial charge in [0, 0.05) is 5.39 Å². The largest absolute Gasteiger partial charge is 0.464 e. The SMILES string of the molecule is N=C1SCC(=O)N1c1cccc2occc12.